The van der Waals surface area contributed by atoms with Crippen molar-refractivity contribution in [2.75, 3.05) is 25.7 Å². The Kier molecular flexibility index (Phi) is 8.53. The number of thiocarbonyl (C=S) groups is 1. The van der Waals surface area contributed by atoms with E-state index in [9.17, 15) is 18.8 Å². The van der Waals surface area contributed by atoms with Gasteiger partial charge in [-0.1, -0.05) is 47.9 Å². The first-order valence-corrected chi connectivity index (χ1v) is 14.0. The molecule has 0 spiro atoms. The van der Waals surface area contributed by atoms with E-state index < -0.39 is 17.5 Å². The number of carbonyl (C=O) groups is 3. The number of methoxy groups -OCH3 is 2. The maximum Gasteiger partial charge on any atom is 0.346 e. The van der Waals surface area contributed by atoms with Crippen LogP contribution in [0.15, 0.2) is 56.5 Å². The van der Waals surface area contributed by atoms with Crippen molar-refractivity contribution in [1.29, 1.82) is 0 Å². The van der Waals surface area contributed by atoms with Crippen LogP contribution in [0.5, 0.6) is 5.75 Å². The van der Waals surface area contributed by atoms with E-state index in [2.05, 4.69) is 0 Å². The average molecular weight is 588 g/mol. The van der Waals surface area contributed by atoms with Crippen molar-refractivity contribution in [3.63, 3.8) is 0 Å². The quantitative estimate of drug-likeness (QED) is 0.241. The summed E-state index contributed by atoms with van der Waals surface area (Å²) in [7, 11) is 2.48. The number of hydrogen-bond donors (Lipinski definition) is 0. The van der Waals surface area contributed by atoms with Crippen molar-refractivity contribution < 1.29 is 33.0 Å². The summed E-state index contributed by atoms with van der Waals surface area (Å²) >= 11 is 8.17. The molecule has 2 aliphatic rings. The second-order valence-electron chi connectivity index (χ2n) is 9.04. The molecule has 2 aliphatic heterocycles. The minimum absolute atomic E-state index is 0.0366. The molecule has 0 aromatic heterocycles. The van der Waals surface area contributed by atoms with E-state index >= 15 is 0 Å². The van der Waals surface area contributed by atoms with Crippen LogP contribution in [0.25, 0.3) is 5.57 Å². The normalized spacial score (nSPS) is 16.3. The predicted molar refractivity (Wildman–Crippen MR) is 155 cm³/mol. The van der Waals surface area contributed by atoms with Gasteiger partial charge >= 0.3 is 11.9 Å². The minimum atomic E-state index is -0.963. The third kappa shape index (κ3) is 5.48. The van der Waals surface area contributed by atoms with Crippen molar-refractivity contribution in [3.8, 4) is 5.75 Å². The van der Waals surface area contributed by atoms with E-state index in [1.54, 1.807) is 35.2 Å². The number of hydrogen-bond acceptors (Lipinski definition) is 9. The number of rotatable bonds is 6. The van der Waals surface area contributed by atoms with Crippen LogP contribution >= 0.6 is 35.7 Å². The molecule has 0 aliphatic carbocycles. The van der Waals surface area contributed by atoms with Gasteiger partial charge in [0.15, 0.2) is 0 Å². The highest BCUT2D eigenvalue weighted by Crippen LogP contribution is 2.56. The number of esters is 2. The van der Waals surface area contributed by atoms with Crippen LogP contribution in [0.4, 0.5) is 10.1 Å². The zero-order valence-corrected chi connectivity index (χ0v) is 24.4. The lowest BCUT2D eigenvalue weighted by Gasteiger charge is -2.45. The summed E-state index contributed by atoms with van der Waals surface area (Å²) in [5.41, 5.74) is 1.54. The van der Waals surface area contributed by atoms with Crippen molar-refractivity contribution in [1.82, 2.24) is 0 Å². The number of anilines is 1. The van der Waals surface area contributed by atoms with Crippen LogP contribution < -0.4 is 9.64 Å². The Labute approximate surface area is 239 Å². The number of ether oxygens (including phenoxy) is 3. The van der Waals surface area contributed by atoms with E-state index in [1.165, 1.54) is 26.4 Å². The topological polar surface area (TPSA) is 82.1 Å². The Morgan fingerprint density at radius 2 is 1.56 bits per heavy atom. The largest absolute Gasteiger partial charge is 0.494 e. The van der Waals surface area contributed by atoms with Gasteiger partial charge in [-0.2, -0.15) is 0 Å². The summed E-state index contributed by atoms with van der Waals surface area (Å²) in [5, 5.41) is 0. The fourth-order valence-corrected chi connectivity index (χ4v) is 7.39. The Balaban J connectivity index is 1.87. The van der Waals surface area contributed by atoms with Gasteiger partial charge in [0.25, 0.3) is 0 Å². The lowest BCUT2D eigenvalue weighted by Crippen LogP contribution is -2.56. The van der Waals surface area contributed by atoms with E-state index in [-0.39, 0.29) is 28.0 Å². The molecule has 0 fully saturated rings. The first kappa shape index (κ1) is 28.8. The third-order valence-corrected chi connectivity index (χ3v) is 9.45. The summed E-state index contributed by atoms with van der Waals surface area (Å²) in [6.45, 7) is 5.98. The van der Waals surface area contributed by atoms with Crippen LogP contribution in [0.1, 0.15) is 31.9 Å². The highest BCUT2D eigenvalue weighted by atomic mass is 32.2. The third-order valence-electron chi connectivity index (χ3n) is 6.19. The Morgan fingerprint density at radius 1 is 0.974 bits per heavy atom. The van der Waals surface area contributed by atoms with E-state index in [1.807, 2.05) is 20.8 Å². The summed E-state index contributed by atoms with van der Waals surface area (Å²) in [5.74, 6) is -1.36. The fraction of sp³-hybridized carbons (Fsp3) is 0.286. The Bertz CT molecular complexity index is 1400. The monoisotopic (exact) mass is 587 g/mol. The summed E-state index contributed by atoms with van der Waals surface area (Å²) in [6, 6.07) is 11.2. The van der Waals surface area contributed by atoms with Gasteiger partial charge in [0.2, 0.25) is 5.91 Å². The van der Waals surface area contributed by atoms with Crippen molar-refractivity contribution in [2.45, 2.75) is 32.7 Å². The molecule has 0 bridgehead atoms. The molecule has 204 valence electrons. The molecule has 2 heterocycles. The lowest BCUT2D eigenvalue weighted by molar-refractivity contribution is -0.138. The van der Waals surface area contributed by atoms with Gasteiger partial charge in [0.05, 0.1) is 47.6 Å². The molecular formula is C28H26FNO6S3. The second kappa shape index (κ2) is 11.5. The SMILES string of the molecule is CCOc1ccc2c(c1)C(=C1SC(C(=O)OC)=C(C(=O)OC)S1)C(=S)C(C)(C)N2C(=O)Cc1ccc(F)cc1. The van der Waals surface area contributed by atoms with E-state index in [4.69, 9.17) is 26.4 Å². The average Bonchev–Trinajstić information content (AvgIpc) is 3.35. The van der Waals surface area contributed by atoms with E-state index in [0.29, 0.717) is 43.8 Å². The van der Waals surface area contributed by atoms with Crippen molar-refractivity contribution in [3.05, 3.63) is 73.5 Å². The highest BCUT2D eigenvalue weighted by molar-refractivity contribution is 8.29. The van der Waals surface area contributed by atoms with Gasteiger partial charge in [-0.3, -0.25) is 4.79 Å². The molecule has 2 aromatic carbocycles. The molecule has 0 atom stereocenters. The standard InChI is InChI=1S/C28H26FNO6S3/c1-6-36-17-11-12-19-18(14-17)21(27-38-22(25(32)34-4)23(39-27)26(33)35-5)24(37)28(2,3)30(19)20(31)13-15-7-9-16(29)10-8-15/h7-12,14H,6,13H2,1-5H3. The van der Waals surface area contributed by atoms with Crippen LogP contribution in [0.3, 0.4) is 0 Å². The van der Waals surface area contributed by atoms with Crippen LogP contribution in [0.2, 0.25) is 0 Å². The molecule has 11 heteroatoms. The van der Waals surface area contributed by atoms with Crippen LogP contribution in [-0.4, -0.2) is 49.1 Å². The van der Waals surface area contributed by atoms with Crippen molar-refractivity contribution >= 4 is 69.7 Å². The van der Waals surface area contributed by atoms with Gasteiger partial charge in [-0.05, 0) is 56.7 Å². The number of nitrogens with zero attached hydrogens (tertiary/aromatic N) is 1. The van der Waals surface area contributed by atoms with Gasteiger partial charge in [-0.25, -0.2) is 14.0 Å². The summed E-state index contributed by atoms with van der Waals surface area (Å²) < 4.78 is 29.6. The Morgan fingerprint density at radius 3 is 2.10 bits per heavy atom. The first-order valence-electron chi connectivity index (χ1n) is 11.9. The van der Waals surface area contributed by atoms with Gasteiger partial charge in [0, 0.05) is 11.1 Å². The predicted octanol–water partition coefficient (Wildman–Crippen LogP) is 5.67. The highest BCUT2D eigenvalue weighted by Gasteiger charge is 2.46. The second-order valence-corrected chi connectivity index (χ2v) is 11.7. The molecule has 0 unspecified atom stereocenters. The fourth-order valence-electron chi connectivity index (χ4n) is 4.36. The lowest BCUT2D eigenvalue weighted by atomic mass is 9.83. The zero-order valence-electron chi connectivity index (χ0n) is 22.0. The number of halogens is 1. The summed E-state index contributed by atoms with van der Waals surface area (Å²) in [4.78, 5) is 41.1. The molecule has 4 rings (SSSR count). The minimum Gasteiger partial charge on any atom is -0.494 e. The maximum absolute atomic E-state index is 13.8. The Hall–Kier alpha value is -3.15. The number of carbonyl (C=O) groups excluding carboxylic acids is 3. The van der Waals surface area contributed by atoms with Crippen molar-refractivity contribution in [2.24, 2.45) is 0 Å². The van der Waals surface area contributed by atoms with E-state index in [0.717, 1.165) is 23.5 Å². The molecule has 7 nitrogen and oxygen atoms in total. The molecule has 1 amide bonds. The number of thioether (sulfide) groups is 2. The molecule has 0 N–H and O–H groups in total. The van der Waals surface area contributed by atoms with Gasteiger partial charge < -0.3 is 19.1 Å². The molecule has 39 heavy (non-hydrogen) atoms. The molecular weight excluding hydrogens is 562 g/mol. The number of fused-ring (bicyclic) bond motifs is 1. The van der Waals surface area contributed by atoms with Crippen LogP contribution in [-0.2, 0) is 30.3 Å². The number of benzene rings is 2. The first-order chi connectivity index (χ1) is 18.5. The molecule has 0 radical (unpaired) electrons. The molecule has 0 saturated heterocycles. The van der Waals surface area contributed by atoms with Gasteiger partial charge in [0.1, 0.15) is 21.4 Å². The summed E-state index contributed by atoms with van der Waals surface area (Å²) in [6.07, 6.45) is 0.0366. The van der Waals surface area contributed by atoms with Gasteiger partial charge in [-0.15, -0.1) is 0 Å². The molecule has 2 aromatic rings. The smallest absolute Gasteiger partial charge is 0.346 e. The molecule has 0 saturated carbocycles. The maximum atomic E-state index is 13.8. The zero-order chi connectivity index (χ0) is 28.5. The van der Waals surface area contributed by atoms with Crippen LogP contribution in [0, 0.1) is 5.82 Å². The number of amides is 1.